The number of nitrogens with one attached hydrogen (secondary N) is 1. The number of hydrazone groups is 1. The number of ether oxygens (including phenoxy) is 1. The van der Waals surface area contributed by atoms with E-state index in [9.17, 15) is 4.79 Å². The molecule has 1 aromatic carbocycles. The number of hydrogen-bond donors (Lipinski definition) is 2. The number of nitrogens with zero attached hydrogens (tertiary/aromatic N) is 1. The molecule has 0 aromatic heterocycles. The van der Waals surface area contributed by atoms with E-state index in [1.54, 1.807) is 30.5 Å². The quantitative estimate of drug-likeness (QED) is 0.494. The molecular weight excluding hydrogens is 262 g/mol. The molecular formula is C10H12ClN3O2S. The fraction of sp³-hybridized carbons (Fsp3) is 0.200. The van der Waals surface area contributed by atoms with Crippen molar-refractivity contribution in [3.05, 3.63) is 29.3 Å². The van der Waals surface area contributed by atoms with Crippen LogP contribution in [0.3, 0.4) is 0 Å². The van der Waals surface area contributed by atoms with Gasteiger partial charge in [-0.3, -0.25) is 4.79 Å². The lowest BCUT2D eigenvalue weighted by Gasteiger charge is -2.04. The number of rotatable bonds is 4. The third-order valence-electron chi connectivity index (χ3n) is 1.68. The van der Waals surface area contributed by atoms with Gasteiger partial charge in [0.15, 0.2) is 11.8 Å². The van der Waals surface area contributed by atoms with Crippen LogP contribution in [0.5, 0.6) is 5.75 Å². The van der Waals surface area contributed by atoms with E-state index in [4.69, 9.17) is 22.1 Å². The highest BCUT2D eigenvalue weighted by Gasteiger charge is 2.01. The van der Waals surface area contributed by atoms with E-state index in [2.05, 4.69) is 10.5 Å². The van der Waals surface area contributed by atoms with Gasteiger partial charge in [0.25, 0.3) is 5.91 Å². The zero-order valence-corrected chi connectivity index (χ0v) is 10.7. The minimum Gasteiger partial charge on any atom is -0.484 e. The van der Waals surface area contributed by atoms with E-state index in [1.807, 2.05) is 0 Å². The van der Waals surface area contributed by atoms with Crippen molar-refractivity contribution < 1.29 is 9.53 Å². The summed E-state index contributed by atoms with van der Waals surface area (Å²) in [6.07, 6.45) is 1.76. The molecule has 0 saturated heterocycles. The second-order valence-corrected chi connectivity index (χ2v) is 4.19. The summed E-state index contributed by atoms with van der Waals surface area (Å²) in [5.41, 5.74) is 7.66. The number of amides is 1. The highest BCUT2D eigenvalue weighted by molar-refractivity contribution is 8.13. The summed E-state index contributed by atoms with van der Waals surface area (Å²) >= 11 is 6.95. The summed E-state index contributed by atoms with van der Waals surface area (Å²) in [4.78, 5) is 11.3. The molecule has 92 valence electrons. The predicted molar refractivity (Wildman–Crippen MR) is 70.2 cm³/mol. The predicted octanol–water partition coefficient (Wildman–Crippen LogP) is 1.43. The number of halogens is 1. The first-order chi connectivity index (χ1) is 8.11. The van der Waals surface area contributed by atoms with Crippen molar-refractivity contribution in [2.24, 2.45) is 10.8 Å². The second-order valence-electron chi connectivity index (χ2n) is 2.93. The summed E-state index contributed by atoms with van der Waals surface area (Å²) in [7, 11) is 0. The van der Waals surface area contributed by atoms with Gasteiger partial charge in [0, 0.05) is 5.02 Å². The van der Waals surface area contributed by atoms with Gasteiger partial charge in [0.1, 0.15) is 5.75 Å². The van der Waals surface area contributed by atoms with Crippen molar-refractivity contribution in [3.8, 4) is 5.75 Å². The van der Waals surface area contributed by atoms with Gasteiger partial charge in [-0.2, -0.15) is 0 Å². The maximum Gasteiger partial charge on any atom is 0.278 e. The molecule has 0 radical (unpaired) electrons. The van der Waals surface area contributed by atoms with E-state index >= 15 is 0 Å². The monoisotopic (exact) mass is 273 g/mol. The maximum absolute atomic E-state index is 11.3. The summed E-state index contributed by atoms with van der Waals surface area (Å²) < 4.78 is 5.20. The number of carbonyl (C=O) groups excluding carboxylic acids is 1. The van der Waals surface area contributed by atoms with Gasteiger partial charge in [-0.15, -0.1) is 5.10 Å². The normalized spacial score (nSPS) is 11.1. The maximum atomic E-state index is 11.3. The Kier molecular flexibility index (Phi) is 5.65. The van der Waals surface area contributed by atoms with E-state index in [-0.39, 0.29) is 17.7 Å². The average Bonchev–Trinajstić information content (AvgIpc) is 2.35. The Labute approximate surface area is 108 Å². The molecule has 7 heteroatoms. The number of nitrogens with two attached hydrogens (primary N) is 1. The number of benzene rings is 1. The largest absolute Gasteiger partial charge is 0.484 e. The zero-order valence-electron chi connectivity index (χ0n) is 9.14. The van der Waals surface area contributed by atoms with Crippen molar-refractivity contribution >= 4 is 34.4 Å². The Balaban J connectivity index is 2.36. The van der Waals surface area contributed by atoms with E-state index in [0.29, 0.717) is 10.8 Å². The highest BCUT2D eigenvalue weighted by Crippen LogP contribution is 2.15. The van der Waals surface area contributed by atoms with E-state index in [0.717, 1.165) is 0 Å². The van der Waals surface area contributed by atoms with Crippen LogP contribution >= 0.6 is 23.4 Å². The topological polar surface area (TPSA) is 76.7 Å². The molecule has 0 unspecified atom stereocenters. The number of carbonyl (C=O) groups is 1. The highest BCUT2D eigenvalue weighted by atomic mass is 35.5. The van der Waals surface area contributed by atoms with Crippen molar-refractivity contribution in [1.82, 2.24) is 5.43 Å². The Bertz CT molecular complexity index is 409. The molecule has 0 aliphatic heterocycles. The van der Waals surface area contributed by atoms with Crippen molar-refractivity contribution in [2.75, 3.05) is 12.9 Å². The Morgan fingerprint density at radius 1 is 1.53 bits per heavy atom. The Morgan fingerprint density at radius 2 is 2.18 bits per heavy atom. The van der Waals surface area contributed by atoms with Crippen LogP contribution < -0.4 is 15.9 Å². The summed E-state index contributed by atoms with van der Waals surface area (Å²) in [6.45, 7) is -0.132. The number of amidine groups is 1. The first-order valence-electron chi connectivity index (χ1n) is 4.66. The molecule has 0 fully saturated rings. The summed E-state index contributed by atoms with van der Waals surface area (Å²) in [5, 5.41) is 4.52. The minimum absolute atomic E-state index is 0.132. The standard InChI is InChI=1S/C10H12ClN3O2S/c1-17-10(12)14-13-9(15)6-16-8-4-2-7(11)3-5-8/h2-5H,6H2,1H3,(H2,12,14)(H,13,15). The molecule has 0 aliphatic rings. The average molecular weight is 274 g/mol. The van der Waals surface area contributed by atoms with E-state index < -0.39 is 0 Å². The van der Waals surface area contributed by atoms with Crippen LogP contribution in [-0.2, 0) is 4.79 Å². The van der Waals surface area contributed by atoms with Crippen LogP contribution in [0.15, 0.2) is 29.4 Å². The van der Waals surface area contributed by atoms with Crippen LogP contribution in [0.2, 0.25) is 5.02 Å². The van der Waals surface area contributed by atoms with Gasteiger partial charge in [-0.05, 0) is 30.5 Å². The minimum atomic E-state index is -0.378. The first kappa shape index (κ1) is 13.7. The van der Waals surface area contributed by atoms with Crippen LogP contribution in [-0.4, -0.2) is 23.9 Å². The fourth-order valence-corrected chi connectivity index (χ4v) is 1.14. The Morgan fingerprint density at radius 3 is 2.76 bits per heavy atom. The van der Waals surface area contributed by atoms with Gasteiger partial charge in [0.2, 0.25) is 0 Å². The van der Waals surface area contributed by atoms with Crippen molar-refractivity contribution in [2.45, 2.75) is 0 Å². The van der Waals surface area contributed by atoms with Crippen LogP contribution in [0.4, 0.5) is 0 Å². The fourth-order valence-electron chi connectivity index (χ4n) is 0.875. The van der Waals surface area contributed by atoms with Gasteiger partial charge in [-0.1, -0.05) is 23.4 Å². The van der Waals surface area contributed by atoms with Gasteiger partial charge >= 0.3 is 0 Å². The molecule has 1 rings (SSSR count). The molecule has 3 N–H and O–H groups in total. The lowest BCUT2D eigenvalue weighted by molar-refractivity contribution is -0.123. The SMILES string of the molecule is CS/C(N)=N/NC(=O)COc1ccc(Cl)cc1. The van der Waals surface area contributed by atoms with Crippen LogP contribution in [0.1, 0.15) is 0 Å². The number of thioether (sulfide) groups is 1. The van der Waals surface area contributed by atoms with Gasteiger partial charge in [0.05, 0.1) is 0 Å². The van der Waals surface area contributed by atoms with Crippen LogP contribution in [0, 0.1) is 0 Å². The molecule has 0 bridgehead atoms. The molecule has 1 amide bonds. The smallest absolute Gasteiger partial charge is 0.278 e. The lowest BCUT2D eigenvalue weighted by Crippen LogP contribution is -2.26. The molecule has 0 atom stereocenters. The third kappa shape index (κ3) is 5.46. The Hall–Kier alpha value is -1.40. The van der Waals surface area contributed by atoms with Gasteiger partial charge in [-0.25, -0.2) is 5.43 Å². The van der Waals surface area contributed by atoms with E-state index in [1.165, 1.54) is 11.8 Å². The molecule has 0 aliphatic carbocycles. The number of hydrogen-bond acceptors (Lipinski definition) is 4. The third-order valence-corrected chi connectivity index (χ3v) is 2.45. The first-order valence-corrected chi connectivity index (χ1v) is 6.26. The van der Waals surface area contributed by atoms with Crippen molar-refractivity contribution in [1.29, 1.82) is 0 Å². The molecule has 17 heavy (non-hydrogen) atoms. The molecule has 0 heterocycles. The summed E-state index contributed by atoms with van der Waals surface area (Å²) in [5.74, 6) is 0.184. The van der Waals surface area contributed by atoms with Crippen molar-refractivity contribution in [3.63, 3.8) is 0 Å². The second kappa shape index (κ2) is 7.03. The molecule has 5 nitrogen and oxygen atoms in total. The molecule has 0 saturated carbocycles. The lowest BCUT2D eigenvalue weighted by atomic mass is 10.3. The molecule has 1 aromatic rings. The zero-order chi connectivity index (χ0) is 12.7. The van der Waals surface area contributed by atoms with Crippen LogP contribution in [0.25, 0.3) is 0 Å². The molecule has 0 spiro atoms. The van der Waals surface area contributed by atoms with Gasteiger partial charge < -0.3 is 10.5 Å². The summed E-state index contributed by atoms with van der Waals surface area (Å²) in [6, 6.07) is 6.71.